The lowest BCUT2D eigenvalue weighted by Crippen LogP contribution is -2.52. The van der Waals surface area contributed by atoms with Crippen molar-refractivity contribution in [2.75, 3.05) is 6.54 Å². The molecule has 1 rings (SSSR count). The van der Waals surface area contributed by atoms with Crippen LogP contribution in [0.5, 0.6) is 0 Å². The smallest absolute Gasteiger partial charge is 0.463 e. The maximum Gasteiger partial charge on any atom is 0.463 e. The number of amides is 1. The monoisotopic (exact) mass is 296 g/mol. The number of carbonyl (C=O) groups is 1. The summed E-state index contributed by atoms with van der Waals surface area (Å²) in [7, 11) is 0. The number of hydrogen-bond acceptors (Lipinski definition) is 3. The van der Waals surface area contributed by atoms with Crippen LogP contribution in [-0.2, 0) is 11.3 Å². The van der Waals surface area contributed by atoms with Crippen molar-refractivity contribution in [2.24, 2.45) is 0 Å². The molecule has 0 aliphatic heterocycles. The highest BCUT2D eigenvalue weighted by molar-refractivity contribution is 5.84. The molecule has 1 aromatic rings. The van der Waals surface area contributed by atoms with Gasteiger partial charge in [-0.05, 0) is 12.1 Å². The molecular formula is C11H9F5N2O2. The molecule has 1 aromatic heterocycles. The second-order valence-corrected chi connectivity index (χ2v) is 3.79. The minimum atomic E-state index is -5.99. The molecule has 9 heteroatoms. The minimum absolute atomic E-state index is 0.0364. The molecule has 0 unspecified atom stereocenters. The van der Waals surface area contributed by atoms with Crippen LogP contribution in [0.2, 0.25) is 0 Å². The van der Waals surface area contributed by atoms with Gasteiger partial charge in [0.05, 0.1) is 25.3 Å². The Balaban J connectivity index is 2.93. The first-order chi connectivity index (χ1) is 9.20. The number of rotatable bonds is 5. The fourth-order valence-corrected chi connectivity index (χ4v) is 1.35. The van der Waals surface area contributed by atoms with E-state index >= 15 is 0 Å². The van der Waals surface area contributed by atoms with Gasteiger partial charge >= 0.3 is 18.0 Å². The molecule has 0 aliphatic rings. The van der Waals surface area contributed by atoms with E-state index in [9.17, 15) is 26.7 Å². The molecule has 0 radical (unpaired) electrons. The van der Waals surface area contributed by atoms with Crippen molar-refractivity contribution < 1.29 is 31.2 Å². The normalized spacial score (nSPS) is 12.0. The van der Waals surface area contributed by atoms with Crippen molar-refractivity contribution in [3.05, 3.63) is 24.2 Å². The Kier molecular flexibility index (Phi) is 4.70. The lowest BCUT2D eigenvalue weighted by atomic mass is 10.2. The first-order valence-corrected chi connectivity index (χ1v) is 5.33. The van der Waals surface area contributed by atoms with E-state index in [0.29, 0.717) is 0 Å². The zero-order chi connectivity index (χ0) is 15.4. The Hall–Kier alpha value is -2.11. The highest BCUT2D eigenvalue weighted by Crippen LogP contribution is 2.37. The molecule has 0 saturated heterocycles. The van der Waals surface area contributed by atoms with Crippen molar-refractivity contribution in [1.82, 2.24) is 4.90 Å². The molecule has 0 bridgehead atoms. The van der Waals surface area contributed by atoms with Gasteiger partial charge in [0.15, 0.2) is 0 Å². The van der Waals surface area contributed by atoms with Gasteiger partial charge in [-0.2, -0.15) is 27.2 Å². The van der Waals surface area contributed by atoms with Crippen LogP contribution in [0.4, 0.5) is 22.0 Å². The Labute approximate surface area is 110 Å². The predicted molar refractivity (Wildman–Crippen MR) is 55.4 cm³/mol. The zero-order valence-electron chi connectivity index (χ0n) is 9.95. The van der Waals surface area contributed by atoms with E-state index in [1.807, 2.05) is 0 Å². The van der Waals surface area contributed by atoms with Gasteiger partial charge in [0.2, 0.25) is 0 Å². The SMILES string of the molecule is N#CCCN(Cc1ccco1)C(=O)C(F)(F)C(F)(F)F. The lowest BCUT2D eigenvalue weighted by Gasteiger charge is -2.26. The summed E-state index contributed by atoms with van der Waals surface area (Å²) in [6.07, 6.45) is -5.18. The highest BCUT2D eigenvalue weighted by Gasteiger charge is 2.64. The number of nitrogens with zero attached hydrogens (tertiary/aromatic N) is 2. The van der Waals surface area contributed by atoms with E-state index in [1.54, 1.807) is 6.07 Å². The molecule has 0 aliphatic carbocycles. The molecule has 0 spiro atoms. The summed E-state index contributed by atoms with van der Waals surface area (Å²) in [4.78, 5) is 11.6. The number of furan rings is 1. The summed E-state index contributed by atoms with van der Waals surface area (Å²) in [6, 6.07) is 4.28. The van der Waals surface area contributed by atoms with Crippen LogP contribution < -0.4 is 0 Å². The lowest BCUT2D eigenvalue weighted by molar-refractivity contribution is -0.274. The summed E-state index contributed by atoms with van der Waals surface area (Å²) in [6.45, 7) is -1.12. The van der Waals surface area contributed by atoms with Gasteiger partial charge in [0.25, 0.3) is 0 Å². The van der Waals surface area contributed by atoms with Crippen molar-refractivity contribution in [2.45, 2.75) is 25.1 Å². The highest BCUT2D eigenvalue weighted by atomic mass is 19.4. The minimum Gasteiger partial charge on any atom is -0.467 e. The maximum atomic E-state index is 13.0. The Bertz CT molecular complexity index is 490. The van der Waals surface area contributed by atoms with E-state index in [2.05, 4.69) is 0 Å². The van der Waals surface area contributed by atoms with Gasteiger partial charge in [0, 0.05) is 6.54 Å². The summed E-state index contributed by atoms with van der Waals surface area (Å²) < 4.78 is 67.3. The van der Waals surface area contributed by atoms with Crippen LogP contribution in [-0.4, -0.2) is 29.5 Å². The van der Waals surface area contributed by atoms with Crippen molar-refractivity contribution >= 4 is 5.91 Å². The van der Waals surface area contributed by atoms with Gasteiger partial charge in [-0.3, -0.25) is 4.79 Å². The molecule has 110 valence electrons. The van der Waals surface area contributed by atoms with Crippen LogP contribution >= 0.6 is 0 Å². The second-order valence-electron chi connectivity index (χ2n) is 3.79. The van der Waals surface area contributed by atoms with Crippen LogP contribution in [0.1, 0.15) is 12.2 Å². The quantitative estimate of drug-likeness (QED) is 0.785. The average molecular weight is 296 g/mol. The molecule has 1 amide bonds. The van der Waals surface area contributed by atoms with Gasteiger partial charge in [-0.25, -0.2) is 0 Å². The predicted octanol–water partition coefficient (Wildman–Crippen LogP) is 2.72. The number of alkyl halides is 5. The fraction of sp³-hybridized carbons (Fsp3) is 0.455. The number of nitriles is 1. The van der Waals surface area contributed by atoms with Crippen LogP contribution in [0.15, 0.2) is 22.8 Å². The van der Waals surface area contributed by atoms with Crippen LogP contribution in [0.25, 0.3) is 0 Å². The molecule has 20 heavy (non-hydrogen) atoms. The fourth-order valence-electron chi connectivity index (χ4n) is 1.35. The molecule has 4 nitrogen and oxygen atoms in total. The Morgan fingerprint density at radius 1 is 1.35 bits per heavy atom. The molecular weight excluding hydrogens is 287 g/mol. The van der Waals surface area contributed by atoms with Crippen molar-refractivity contribution in [3.8, 4) is 6.07 Å². The second kappa shape index (κ2) is 5.90. The molecule has 0 aromatic carbocycles. The van der Waals surface area contributed by atoms with Crippen molar-refractivity contribution in [3.63, 3.8) is 0 Å². The third-order valence-electron chi connectivity index (χ3n) is 2.33. The number of halogens is 5. The van der Waals surface area contributed by atoms with Crippen LogP contribution in [0.3, 0.4) is 0 Å². The molecule has 1 heterocycles. The van der Waals surface area contributed by atoms with Crippen molar-refractivity contribution in [1.29, 1.82) is 5.26 Å². The van der Waals surface area contributed by atoms with E-state index < -0.39 is 31.1 Å². The van der Waals surface area contributed by atoms with Gasteiger partial charge in [-0.1, -0.05) is 0 Å². The molecule has 0 N–H and O–H groups in total. The number of hydrogen-bond donors (Lipinski definition) is 0. The summed E-state index contributed by atoms with van der Waals surface area (Å²) in [5, 5.41) is 8.36. The van der Waals surface area contributed by atoms with Crippen LogP contribution in [0, 0.1) is 11.3 Å². The van der Waals surface area contributed by atoms with E-state index in [4.69, 9.17) is 9.68 Å². The first-order valence-electron chi connectivity index (χ1n) is 5.33. The summed E-state index contributed by atoms with van der Waals surface area (Å²) in [5.74, 6) is -7.87. The molecule has 0 saturated carbocycles. The third-order valence-corrected chi connectivity index (χ3v) is 2.33. The standard InChI is InChI=1S/C11H9F5N2O2/c12-10(13,11(14,15)16)9(19)18(5-2-4-17)7-8-3-1-6-20-8/h1,3,6H,2,5,7H2. The van der Waals surface area contributed by atoms with E-state index in [1.165, 1.54) is 18.4 Å². The topological polar surface area (TPSA) is 57.2 Å². The van der Waals surface area contributed by atoms with Gasteiger partial charge in [-0.15, -0.1) is 0 Å². The van der Waals surface area contributed by atoms with E-state index in [0.717, 1.165) is 0 Å². The molecule has 0 fully saturated rings. The largest absolute Gasteiger partial charge is 0.467 e. The average Bonchev–Trinajstić information content (AvgIpc) is 2.84. The maximum absolute atomic E-state index is 13.0. The number of carbonyl (C=O) groups excluding carboxylic acids is 1. The van der Waals surface area contributed by atoms with Gasteiger partial charge < -0.3 is 9.32 Å². The summed E-state index contributed by atoms with van der Waals surface area (Å²) in [5.41, 5.74) is 0. The third kappa shape index (κ3) is 3.46. The van der Waals surface area contributed by atoms with E-state index in [-0.39, 0.29) is 17.1 Å². The zero-order valence-corrected chi connectivity index (χ0v) is 9.95. The summed E-state index contributed by atoms with van der Waals surface area (Å²) >= 11 is 0. The Morgan fingerprint density at radius 2 is 2.00 bits per heavy atom. The van der Waals surface area contributed by atoms with Gasteiger partial charge in [0.1, 0.15) is 5.76 Å². The Morgan fingerprint density at radius 3 is 2.45 bits per heavy atom. The molecule has 0 atom stereocenters. The first kappa shape index (κ1) is 15.9.